The first-order valence-electron chi connectivity index (χ1n) is 4.14. The Morgan fingerprint density at radius 1 is 1.09 bits per heavy atom. The Balaban J connectivity index is 4.09. The van der Waals surface area contributed by atoms with E-state index in [-0.39, 0.29) is 0 Å². The molecule has 0 atom stereocenters. The monoisotopic (exact) mass is 156 g/mol. The van der Waals surface area contributed by atoms with Crippen LogP contribution in [0.1, 0.15) is 19.8 Å². The molecule has 0 heterocycles. The molecule has 0 rings (SSSR count). The molecule has 0 N–H and O–H groups in total. The maximum Gasteiger partial charge on any atom is 0.0987 e. The molecule has 2 nitrogen and oxygen atoms in total. The molecule has 0 spiro atoms. The molecule has 0 unspecified atom stereocenters. The zero-order valence-electron chi connectivity index (χ0n) is 8.39. The van der Waals surface area contributed by atoms with E-state index in [1.807, 2.05) is 0 Å². The predicted octanol–water partition coefficient (Wildman–Crippen LogP) is 1.75. The van der Waals surface area contributed by atoms with Crippen molar-refractivity contribution in [1.29, 1.82) is 0 Å². The Morgan fingerprint density at radius 2 is 1.55 bits per heavy atom. The Labute approximate surface area is 70.5 Å². The van der Waals surface area contributed by atoms with Gasteiger partial charge in [-0.2, -0.15) is 0 Å². The fourth-order valence-electron chi connectivity index (χ4n) is 1.04. The second-order valence-corrected chi connectivity index (χ2v) is 3.14. The molecule has 0 radical (unpaired) electrons. The predicted molar refractivity (Wildman–Crippen MR) is 50.4 cm³/mol. The molecule has 0 aromatic rings. The van der Waals surface area contributed by atoms with Crippen molar-refractivity contribution in [1.82, 2.24) is 9.80 Å². The number of allylic oxidation sites excluding steroid dienone is 1. The van der Waals surface area contributed by atoms with Gasteiger partial charge in [0.15, 0.2) is 0 Å². The van der Waals surface area contributed by atoms with Gasteiger partial charge in [-0.3, -0.25) is 0 Å². The van der Waals surface area contributed by atoms with Crippen LogP contribution in [0.15, 0.2) is 11.9 Å². The Morgan fingerprint density at radius 3 is 1.82 bits per heavy atom. The molecule has 11 heavy (non-hydrogen) atoms. The van der Waals surface area contributed by atoms with Crippen molar-refractivity contribution in [2.45, 2.75) is 19.8 Å². The molecule has 2 heteroatoms. The van der Waals surface area contributed by atoms with Crippen molar-refractivity contribution < 1.29 is 0 Å². The molecule has 66 valence electrons. The number of nitrogens with zero attached hydrogens (tertiary/aromatic N) is 2. The number of hydrogen-bond acceptors (Lipinski definition) is 2. The summed E-state index contributed by atoms with van der Waals surface area (Å²) in [4.78, 5) is 4.27. The van der Waals surface area contributed by atoms with Gasteiger partial charge in [-0.05, 0) is 12.5 Å². The van der Waals surface area contributed by atoms with E-state index in [0.29, 0.717) is 0 Å². The zero-order chi connectivity index (χ0) is 8.85. The normalized spacial score (nSPS) is 9.18. The van der Waals surface area contributed by atoms with Crippen molar-refractivity contribution in [3.63, 3.8) is 0 Å². The second-order valence-electron chi connectivity index (χ2n) is 3.14. The van der Waals surface area contributed by atoms with Crippen molar-refractivity contribution in [3.8, 4) is 0 Å². The van der Waals surface area contributed by atoms with E-state index in [0.717, 1.165) is 6.42 Å². The summed E-state index contributed by atoms with van der Waals surface area (Å²) in [6.07, 6.45) is 4.64. The van der Waals surface area contributed by atoms with Crippen LogP contribution in [0.3, 0.4) is 0 Å². The van der Waals surface area contributed by atoms with Gasteiger partial charge in [0.2, 0.25) is 0 Å². The van der Waals surface area contributed by atoms with E-state index in [1.54, 1.807) is 0 Å². The first-order chi connectivity index (χ1) is 5.09. The van der Waals surface area contributed by atoms with Crippen LogP contribution in [0.25, 0.3) is 0 Å². The SMILES string of the molecule is CCCC=C(N(C)C)N(C)C. The average Bonchev–Trinajstić information content (AvgIpc) is 1.87. The van der Waals surface area contributed by atoms with E-state index in [9.17, 15) is 0 Å². The minimum Gasteiger partial charge on any atom is -0.365 e. The molecule has 0 aromatic carbocycles. The van der Waals surface area contributed by atoms with Crippen LogP contribution in [0.5, 0.6) is 0 Å². The lowest BCUT2D eigenvalue weighted by Gasteiger charge is -2.24. The van der Waals surface area contributed by atoms with Gasteiger partial charge < -0.3 is 9.80 Å². The Hall–Kier alpha value is -0.660. The van der Waals surface area contributed by atoms with Crippen molar-refractivity contribution in [2.24, 2.45) is 0 Å². The van der Waals surface area contributed by atoms with Gasteiger partial charge in [-0.15, -0.1) is 0 Å². The lowest BCUT2D eigenvalue weighted by Crippen LogP contribution is -2.24. The third-order valence-electron chi connectivity index (χ3n) is 1.53. The smallest absolute Gasteiger partial charge is 0.0987 e. The first-order valence-corrected chi connectivity index (χ1v) is 4.14. The minimum atomic E-state index is 1.16. The molecule has 0 amide bonds. The molecule has 0 aliphatic carbocycles. The summed E-state index contributed by atoms with van der Waals surface area (Å²) in [5.74, 6) is 1.28. The van der Waals surface area contributed by atoms with Crippen LogP contribution in [0.4, 0.5) is 0 Å². The van der Waals surface area contributed by atoms with E-state index in [1.165, 1.54) is 12.2 Å². The first kappa shape index (κ1) is 10.3. The molecule has 0 bridgehead atoms. The topological polar surface area (TPSA) is 6.48 Å². The van der Waals surface area contributed by atoms with Gasteiger partial charge in [-0.25, -0.2) is 0 Å². The van der Waals surface area contributed by atoms with Gasteiger partial charge in [0.1, 0.15) is 0 Å². The zero-order valence-corrected chi connectivity index (χ0v) is 8.39. The van der Waals surface area contributed by atoms with Crippen LogP contribution in [0.2, 0.25) is 0 Å². The highest BCUT2D eigenvalue weighted by molar-refractivity contribution is 4.96. The molecule has 0 saturated heterocycles. The van der Waals surface area contributed by atoms with Crippen LogP contribution in [0, 0.1) is 0 Å². The van der Waals surface area contributed by atoms with Crippen molar-refractivity contribution >= 4 is 0 Å². The third-order valence-corrected chi connectivity index (χ3v) is 1.53. The van der Waals surface area contributed by atoms with E-state index in [2.05, 4.69) is 51.0 Å². The third kappa shape index (κ3) is 3.91. The van der Waals surface area contributed by atoms with Gasteiger partial charge in [0.25, 0.3) is 0 Å². The highest BCUT2D eigenvalue weighted by atomic mass is 15.3. The van der Waals surface area contributed by atoms with E-state index in [4.69, 9.17) is 0 Å². The van der Waals surface area contributed by atoms with Gasteiger partial charge in [0.05, 0.1) is 5.82 Å². The maximum atomic E-state index is 2.26. The van der Waals surface area contributed by atoms with Crippen molar-refractivity contribution in [2.75, 3.05) is 28.2 Å². The van der Waals surface area contributed by atoms with Crippen molar-refractivity contribution in [3.05, 3.63) is 11.9 Å². The lowest BCUT2D eigenvalue weighted by atomic mass is 10.3. The number of hydrogen-bond donors (Lipinski definition) is 0. The summed E-state index contributed by atoms with van der Waals surface area (Å²) < 4.78 is 0. The molecule has 0 saturated carbocycles. The molecule has 0 aliphatic rings. The highest BCUT2D eigenvalue weighted by Gasteiger charge is 1.99. The highest BCUT2D eigenvalue weighted by Crippen LogP contribution is 2.04. The van der Waals surface area contributed by atoms with Crippen LogP contribution in [-0.4, -0.2) is 38.0 Å². The Bertz CT molecular complexity index is 116. The number of rotatable bonds is 4. The quantitative estimate of drug-likeness (QED) is 0.612. The van der Waals surface area contributed by atoms with Gasteiger partial charge in [-0.1, -0.05) is 13.3 Å². The second kappa shape index (κ2) is 5.05. The standard InChI is InChI=1S/C9H20N2/c1-6-7-8-9(10(2)3)11(4)5/h8H,6-7H2,1-5H3. The fraction of sp³-hybridized carbons (Fsp3) is 0.778. The minimum absolute atomic E-state index is 1.16. The van der Waals surface area contributed by atoms with E-state index < -0.39 is 0 Å². The van der Waals surface area contributed by atoms with Gasteiger partial charge >= 0.3 is 0 Å². The van der Waals surface area contributed by atoms with E-state index >= 15 is 0 Å². The summed E-state index contributed by atoms with van der Waals surface area (Å²) in [5.41, 5.74) is 0. The van der Waals surface area contributed by atoms with Gasteiger partial charge in [0, 0.05) is 28.2 Å². The lowest BCUT2D eigenvalue weighted by molar-refractivity contribution is 0.340. The fourth-order valence-corrected chi connectivity index (χ4v) is 1.04. The average molecular weight is 156 g/mol. The summed E-state index contributed by atoms with van der Waals surface area (Å²) >= 11 is 0. The Kier molecular flexibility index (Phi) is 4.75. The number of unbranched alkanes of at least 4 members (excludes halogenated alkanes) is 1. The summed E-state index contributed by atoms with van der Waals surface area (Å²) in [6.45, 7) is 2.19. The molecule has 0 aromatic heterocycles. The van der Waals surface area contributed by atoms with Crippen LogP contribution >= 0.6 is 0 Å². The summed E-state index contributed by atoms with van der Waals surface area (Å²) in [6, 6.07) is 0. The van der Waals surface area contributed by atoms with Crippen LogP contribution < -0.4 is 0 Å². The largest absolute Gasteiger partial charge is 0.365 e. The maximum absolute atomic E-state index is 2.26. The molecule has 0 aliphatic heterocycles. The summed E-state index contributed by atoms with van der Waals surface area (Å²) in [5, 5.41) is 0. The van der Waals surface area contributed by atoms with Crippen LogP contribution in [-0.2, 0) is 0 Å². The molecular weight excluding hydrogens is 136 g/mol. The summed E-state index contributed by atoms with van der Waals surface area (Å²) in [7, 11) is 8.28. The molecule has 0 fully saturated rings. The molecular formula is C9H20N2.